The van der Waals surface area contributed by atoms with E-state index < -0.39 is 0 Å². The van der Waals surface area contributed by atoms with Crippen LogP contribution in [0.2, 0.25) is 5.02 Å². The van der Waals surface area contributed by atoms with Crippen molar-refractivity contribution in [1.29, 1.82) is 0 Å². The number of nitrogens with one attached hydrogen (secondary N) is 1. The van der Waals surface area contributed by atoms with Crippen LogP contribution in [0.15, 0.2) is 29.4 Å². The lowest BCUT2D eigenvalue weighted by Gasteiger charge is -2.08. The molecule has 0 unspecified atom stereocenters. The number of amides is 1. The summed E-state index contributed by atoms with van der Waals surface area (Å²) in [7, 11) is 1.85. The van der Waals surface area contributed by atoms with Gasteiger partial charge in [0.05, 0.1) is 17.9 Å². The molecule has 2 heterocycles. The molecule has 0 fully saturated rings. The number of hydrogen-bond donors (Lipinski definition) is 1. The second kappa shape index (κ2) is 9.42. The first kappa shape index (κ1) is 21.9. The van der Waals surface area contributed by atoms with Gasteiger partial charge >= 0.3 is 5.97 Å². The Morgan fingerprint density at radius 3 is 2.94 bits per heavy atom. The monoisotopic (exact) mass is 476 g/mol. The molecule has 0 saturated carbocycles. The number of halogens is 1. The van der Waals surface area contributed by atoms with Crippen molar-refractivity contribution in [2.24, 2.45) is 7.05 Å². The Kier molecular flexibility index (Phi) is 6.64. The van der Waals surface area contributed by atoms with Gasteiger partial charge < -0.3 is 14.6 Å². The minimum atomic E-state index is -0.371. The van der Waals surface area contributed by atoms with Gasteiger partial charge in [-0.25, -0.2) is 4.79 Å². The number of nitrogens with zero attached hydrogens (tertiary/aromatic N) is 3. The van der Waals surface area contributed by atoms with E-state index in [1.165, 1.54) is 23.1 Å². The average Bonchev–Trinajstić information content (AvgIpc) is 3.41. The number of rotatable bonds is 7. The highest BCUT2D eigenvalue weighted by molar-refractivity contribution is 7.99. The molecule has 10 heteroatoms. The van der Waals surface area contributed by atoms with E-state index in [0.29, 0.717) is 33.2 Å². The maximum absolute atomic E-state index is 12.6. The van der Waals surface area contributed by atoms with Crippen LogP contribution in [0.4, 0.5) is 5.00 Å². The zero-order chi connectivity index (χ0) is 22.0. The molecule has 1 aliphatic carbocycles. The molecule has 1 N–H and O–H groups in total. The van der Waals surface area contributed by atoms with Gasteiger partial charge in [-0.1, -0.05) is 35.5 Å². The molecular weight excluding hydrogens is 456 g/mol. The number of benzene rings is 1. The Bertz CT molecular complexity index is 1140. The van der Waals surface area contributed by atoms with Crippen LogP contribution >= 0.6 is 34.7 Å². The number of anilines is 1. The molecule has 31 heavy (non-hydrogen) atoms. The number of fused-ring (bicyclic) bond motifs is 1. The van der Waals surface area contributed by atoms with Crippen LogP contribution in [-0.4, -0.2) is 39.0 Å². The number of esters is 1. The Balaban J connectivity index is 1.45. The standard InChI is InChI=1S/C21H21ClN4O3S2/c1-3-29-20(28)17-14-8-5-9-15(14)31-19(17)23-16(27)11-30-21-25-24-18(26(21)2)12-6-4-7-13(22)10-12/h4,6-7,10H,3,5,8-9,11H2,1-2H3,(H,23,27). The van der Waals surface area contributed by atoms with Crippen molar-refractivity contribution < 1.29 is 14.3 Å². The largest absolute Gasteiger partial charge is 0.462 e. The summed E-state index contributed by atoms with van der Waals surface area (Å²) in [6, 6.07) is 7.38. The maximum atomic E-state index is 12.6. The number of ether oxygens (including phenoxy) is 1. The van der Waals surface area contributed by atoms with Gasteiger partial charge in [0, 0.05) is 22.5 Å². The van der Waals surface area contributed by atoms with Crippen molar-refractivity contribution in [2.45, 2.75) is 31.3 Å². The van der Waals surface area contributed by atoms with Crippen molar-refractivity contribution in [1.82, 2.24) is 14.8 Å². The number of carbonyl (C=O) groups excluding carboxylic acids is 2. The molecule has 2 aromatic heterocycles. The van der Waals surface area contributed by atoms with Crippen LogP contribution in [-0.2, 0) is 29.4 Å². The minimum Gasteiger partial charge on any atom is -0.462 e. The minimum absolute atomic E-state index is 0.145. The van der Waals surface area contributed by atoms with Crippen molar-refractivity contribution in [3.8, 4) is 11.4 Å². The predicted molar refractivity (Wildman–Crippen MR) is 123 cm³/mol. The zero-order valence-corrected chi connectivity index (χ0v) is 19.5. The lowest BCUT2D eigenvalue weighted by molar-refractivity contribution is -0.113. The highest BCUT2D eigenvalue weighted by Crippen LogP contribution is 2.39. The van der Waals surface area contributed by atoms with E-state index in [0.717, 1.165) is 35.3 Å². The van der Waals surface area contributed by atoms with Gasteiger partial charge in [0.15, 0.2) is 11.0 Å². The maximum Gasteiger partial charge on any atom is 0.341 e. The van der Waals surface area contributed by atoms with Gasteiger partial charge in [0.2, 0.25) is 5.91 Å². The fraction of sp³-hybridized carbons (Fsp3) is 0.333. The first-order valence-corrected chi connectivity index (χ1v) is 12.1. The van der Waals surface area contributed by atoms with Gasteiger partial charge in [-0.2, -0.15) is 0 Å². The molecule has 0 radical (unpaired) electrons. The van der Waals surface area contributed by atoms with Crippen molar-refractivity contribution in [3.05, 3.63) is 45.3 Å². The lowest BCUT2D eigenvalue weighted by Crippen LogP contribution is -2.17. The summed E-state index contributed by atoms with van der Waals surface area (Å²) in [6.45, 7) is 2.08. The average molecular weight is 477 g/mol. The SMILES string of the molecule is CCOC(=O)c1c(NC(=O)CSc2nnc(-c3cccc(Cl)c3)n2C)sc2c1CCC2. The quantitative estimate of drug-likeness (QED) is 0.396. The molecule has 0 aliphatic heterocycles. The molecule has 0 spiro atoms. The van der Waals surface area contributed by atoms with Crippen molar-refractivity contribution in [3.63, 3.8) is 0 Å². The molecule has 1 aromatic carbocycles. The van der Waals surface area contributed by atoms with E-state index in [9.17, 15) is 9.59 Å². The highest BCUT2D eigenvalue weighted by atomic mass is 35.5. The molecule has 0 atom stereocenters. The summed E-state index contributed by atoms with van der Waals surface area (Å²) >= 11 is 8.82. The molecule has 1 aliphatic rings. The zero-order valence-electron chi connectivity index (χ0n) is 17.1. The van der Waals surface area contributed by atoms with E-state index in [1.54, 1.807) is 13.0 Å². The molecule has 7 nitrogen and oxygen atoms in total. The van der Waals surface area contributed by atoms with Crippen LogP contribution in [0.3, 0.4) is 0 Å². The first-order chi connectivity index (χ1) is 15.0. The normalized spacial score (nSPS) is 12.6. The van der Waals surface area contributed by atoms with Crippen LogP contribution < -0.4 is 5.32 Å². The van der Waals surface area contributed by atoms with Gasteiger partial charge in [-0.15, -0.1) is 21.5 Å². The highest BCUT2D eigenvalue weighted by Gasteiger charge is 2.28. The van der Waals surface area contributed by atoms with Crippen molar-refractivity contribution >= 4 is 51.6 Å². The molecule has 162 valence electrons. The van der Waals surface area contributed by atoms with Gasteiger partial charge in [0.1, 0.15) is 5.00 Å². The lowest BCUT2D eigenvalue weighted by atomic mass is 10.1. The number of aryl methyl sites for hydroxylation is 1. The second-order valence-corrected chi connectivity index (χ2v) is 9.48. The summed E-state index contributed by atoms with van der Waals surface area (Å²) in [6.07, 6.45) is 2.80. The first-order valence-electron chi connectivity index (χ1n) is 9.87. The van der Waals surface area contributed by atoms with E-state index in [1.807, 2.05) is 29.8 Å². The third kappa shape index (κ3) is 4.63. The smallest absolute Gasteiger partial charge is 0.341 e. The third-order valence-electron chi connectivity index (χ3n) is 4.90. The number of hydrogen-bond acceptors (Lipinski definition) is 7. The number of aromatic nitrogens is 3. The molecule has 0 saturated heterocycles. The van der Waals surface area contributed by atoms with E-state index >= 15 is 0 Å². The van der Waals surface area contributed by atoms with Gasteiger partial charge in [0.25, 0.3) is 0 Å². The summed E-state index contributed by atoms with van der Waals surface area (Å²) in [4.78, 5) is 26.2. The molecule has 1 amide bonds. The Morgan fingerprint density at radius 1 is 1.32 bits per heavy atom. The van der Waals surface area contributed by atoms with E-state index in [4.69, 9.17) is 16.3 Å². The fourth-order valence-corrected chi connectivity index (χ4v) is 5.72. The molecule has 0 bridgehead atoms. The summed E-state index contributed by atoms with van der Waals surface area (Å²) in [5.74, 6) is 0.239. The number of carbonyl (C=O) groups is 2. The predicted octanol–water partition coefficient (Wildman–Crippen LogP) is 4.59. The summed E-state index contributed by atoms with van der Waals surface area (Å²) in [5, 5.41) is 13.1. The van der Waals surface area contributed by atoms with Gasteiger partial charge in [-0.3, -0.25) is 4.79 Å². The van der Waals surface area contributed by atoms with Crippen molar-refractivity contribution in [2.75, 3.05) is 17.7 Å². The Labute approximate surface area is 193 Å². The number of thioether (sulfide) groups is 1. The Hall–Kier alpha value is -2.36. The molecular formula is C21H21ClN4O3S2. The molecule has 3 aromatic rings. The number of thiophene rings is 1. The molecule has 4 rings (SSSR count). The second-order valence-electron chi connectivity index (χ2n) is 6.99. The Morgan fingerprint density at radius 2 is 2.16 bits per heavy atom. The van der Waals surface area contributed by atoms with Crippen LogP contribution in [0.5, 0.6) is 0 Å². The van der Waals surface area contributed by atoms with E-state index in [2.05, 4.69) is 15.5 Å². The summed E-state index contributed by atoms with van der Waals surface area (Å²) < 4.78 is 7.04. The van der Waals surface area contributed by atoms with Crippen LogP contribution in [0.1, 0.15) is 34.1 Å². The third-order valence-corrected chi connectivity index (χ3v) is 7.37. The van der Waals surface area contributed by atoms with Gasteiger partial charge in [-0.05, 0) is 43.9 Å². The summed E-state index contributed by atoms with van der Waals surface area (Å²) in [5.41, 5.74) is 2.39. The topological polar surface area (TPSA) is 86.1 Å². The van der Waals surface area contributed by atoms with E-state index in [-0.39, 0.29) is 17.6 Å². The van der Waals surface area contributed by atoms with Crippen LogP contribution in [0, 0.1) is 0 Å². The van der Waals surface area contributed by atoms with Crippen LogP contribution in [0.25, 0.3) is 11.4 Å². The fourth-order valence-electron chi connectivity index (χ4n) is 3.52.